The van der Waals surface area contributed by atoms with Gasteiger partial charge in [0, 0.05) is 12.2 Å². The van der Waals surface area contributed by atoms with Crippen molar-refractivity contribution in [3.8, 4) is 6.07 Å². The number of nitrogens with one attached hydrogen (secondary N) is 1. The second-order valence-electron chi connectivity index (χ2n) is 5.94. The highest BCUT2D eigenvalue weighted by Gasteiger charge is 2.33. The molecule has 3 aliphatic carbocycles. The molecule has 0 saturated heterocycles. The van der Waals surface area contributed by atoms with E-state index in [-0.39, 0.29) is 0 Å². The number of aromatic nitrogens is 1. The van der Waals surface area contributed by atoms with Crippen molar-refractivity contribution < 1.29 is 0 Å². The lowest BCUT2D eigenvalue weighted by Crippen LogP contribution is -2.25. The summed E-state index contributed by atoms with van der Waals surface area (Å²) in [7, 11) is 0. The van der Waals surface area contributed by atoms with Gasteiger partial charge >= 0.3 is 0 Å². The van der Waals surface area contributed by atoms with Gasteiger partial charge in [-0.1, -0.05) is 11.6 Å². The first kappa shape index (κ1) is 11.0. The maximum Gasteiger partial charge on any atom is 0.129 e. The molecule has 0 aliphatic heterocycles. The number of nitrogens with zero attached hydrogens (tertiary/aromatic N) is 2. The normalized spacial score (nSPS) is 27.0. The summed E-state index contributed by atoms with van der Waals surface area (Å²) in [4.78, 5) is 4.51. The van der Waals surface area contributed by atoms with Crippen LogP contribution in [0.5, 0.6) is 0 Å². The summed E-state index contributed by atoms with van der Waals surface area (Å²) >= 11 is 0. The molecule has 1 saturated carbocycles. The average Bonchev–Trinajstić information content (AvgIpc) is 3.14. The van der Waals surface area contributed by atoms with E-state index in [2.05, 4.69) is 22.4 Å². The molecule has 1 fully saturated rings. The van der Waals surface area contributed by atoms with E-state index in [1.165, 1.54) is 30.4 Å². The van der Waals surface area contributed by atoms with E-state index < -0.39 is 0 Å². The fourth-order valence-corrected chi connectivity index (χ4v) is 3.88. The standard InChI is InChI=1S/C16H17N3/c17-8-12-9-18-16(14-3-1-2-13(12)14)19-15-7-10-4-5-11(15)6-10/h7,9,11,15H,1-6H2,(H,18,19)/t11-,15-/m1/s1. The zero-order valence-electron chi connectivity index (χ0n) is 10.9. The molecule has 3 aliphatic rings. The summed E-state index contributed by atoms with van der Waals surface area (Å²) < 4.78 is 0. The Morgan fingerprint density at radius 2 is 2.16 bits per heavy atom. The Balaban J connectivity index is 1.66. The van der Waals surface area contributed by atoms with Gasteiger partial charge in [0.15, 0.2) is 0 Å². The fourth-order valence-electron chi connectivity index (χ4n) is 3.88. The van der Waals surface area contributed by atoms with E-state index in [0.29, 0.717) is 6.04 Å². The minimum Gasteiger partial charge on any atom is -0.363 e. The molecule has 2 atom stereocenters. The molecule has 96 valence electrons. The molecule has 4 rings (SSSR count). The van der Waals surface area contributed by atoms with Crippen molar-refractivity contribution in [2.24, 2.45) is 5.92 Å². The number of hydrogen-bond donors (Lipinski definition) is 1. The molecule has 3 nitrogen and oxygen atoms in total. The molecule has 0 radical (unpaired) electrons. The van der Waals surface area contributed by atoms with Crippen molar-refractivity contribution in [3.05, 3.63) is 34.5 Å². The van der Waals surface area contributed by atoms with Crippen molar-refractivity contribution >= 4 is 5.82 Å². The summed E-state index contributed by atoms with van der Waals surface area (Å²) in [5.41, 5.74) is 4.91. The van der Waals surface area contributed by atoms with Crippen molar-refractivity contribution in [3.63, 3.8) is 0 Å². The number of pyridine rings is 1. The molecule has 2 bridgehead atoms. The van der Waals surface area contributed by atoms with Crippen LogP contribution in [-0.4, -0.2) is 11.0 Å². The largest absolute Gasteiger partial charge is 0.363 e. The Morgan fingerprint density at radius 1 is 1.26 bits per heavy atom. The Bertz CT molecular complexity index is 609. The van der Waals surface area contributed by atoms with Crippen LogP contribution in [0.1, 0.15) is 42.4 Å². The van der Waals surface area contributed by atoms with Crippen LogP contribution in [0.2, 0.25) is 0 Å². The SMILES string of the molecule is N#Cc1cnc(N[C@@H]2C=C3CC[C@@H]2C3)c2c1CCC2. The Kier molecular flexibility index (Phi) is 2.38. The molecule has 0 spiro atoms. The van der Waals surface area contributed by atoms with Crippen LogP contribution in [0.3, 0.4) is 0 Å². The van der Waals surface area contributed by atoms with Gasteiger partial charge in [-0.05, 0) is 55.6 Å². The van der Waals surface area contributed by atoms with Crippen LogP contribution in [0.4, 0.5) is 5.82 Å². The van der Waals surface area contributed by atoms with Gasteiger partial charge in [0.1, 0.15) is 11.9 Å². The second-order valence-corrected chi connectivity index (χ2v) is 5.94. The van der Waals surface area contributed by atoms with E-state index in [1.807, 2.05) is 0 Å². The van der Waals surface area contributed by atoms with Gasteiger partial charge in [0.2, 0.25) is 0 Å². The van der Waals surface area contributed by atoms with Gasteiger partial charge in [0.25, 0.3) is 0 Å². The minimum atomic E-state index is 0.467. The lowest BCUT2D eigenvalue weighted by molar-refractivity contribution is 0.529. The van der Waals surface area contributed by atoms with E-state index in [0.717, 1.165) is 36.6 Å². The Morgan fingerprint density at radius 3 is 2.89 bits per heavy atom. The van der Waals surface area contributed by atoms with Gasteiger partial charge in [0.05, 0.1) is 5.56 Å². The average molecular weight is 251 g/mol. The van der Waals surface area contributed by atoms with Gasteiger partial charge in [-0.2, -0.15) is 5.26 Å². The predicted octanol–water partition coefficient (Wildman–Crippen LogP) is 2.96. The summed E-state index contributed by atoms with van der Waals surface area (Å²) in [6.45, 7) is 0. The lowest BCUT2D eigenvalue weighted by Gasteiger charge is -2.22. The fraction of sp³-hybridized carbons (Fsp3) is 0.500. The highest BCUT2D eigenvalue weighted by Crippen LogP contribution is 2.41. The summed E-state index contributed by atoms with van der Waals surface area (Å²) in [5.74, 6) is 1.80. The summed E-state index contributed by atoms with van der Waals surface area (Å²) in [6.07, 6.45) is 11.3. The predicted molar refractivity (Wildman–Crippen MR) is 73.8 cm³/mol. The first-order valence-corrected chi connectivity index (χ1v) is 7.22. The lowest BCUT2D eigenvalue weighted by atomic mass is 9.99. The second kappa shape index (κ2) is 4.09. The Labute approximate surface area is 113 Å². The highest BCUT2D eigenvalue weighted by molar-refractivity contribution is 5.57. The molecule has 1 aromatic rings. The zero-order valence-corrected chi connectivity index (χ0v) is 10.9. The maximum atomic E-state index is 9.14. The first-order chi connectivity index (χ1) is 9.35. The van der Waals surface area contributed by atoms with Crippen LogP contribution in [0, 0.1) is 17.2 Å². The summed E-state index contributed by atoms with van der Waals surface area (Å²) in [5, 5.41) is 12.8. The van der Waals surface area contributed by atoms with Crippen LogP contribution >= 0.6 is 0 Å². The molecule has 1 N–H and O–H groups in total. The van der Waals surface area contributed by atoms with Gasteiger partial charge in [-0.25, -0.2) is 4.98 Å². The quantitative estimate of drug-likeness (QED) is 0.822. The van der Waals surface area contributed by atoms with Crippen molar-refractivity contribution in [2.45, 2.75) is 44.6 Å². The number of nitriles is 1. The topological polar surface area (TPSA) is 48.7 Å². The number of allylic oxidation sites excluding steroid dienone is 1. The van der Waals surface area contributed by atoms with Crippen molar-refractivity contribution in [1.82, 2.24) is 4.98 Å². The van der Waals surface area contributed by atoms with Gasteiger partial charge < -0.3 is 5.32 Å². The van der Waals surface area contributed by atoms with E-state index in [1.54, 1.807) is 11.8 Å². The van der Waals surface area contributed by atoms with Crippen molar-refractivity contribution in [1.29, 1.82) is 5.26 Å². The first-order valence-electron chi connectivity index (χ1n) is 7.22. The van der Waals surface area contributed by atoms with Crippen LogP contribution < -0.4 is 5.32 Å². The van der Waals surface area contributed by atoms with E-state index in [9.17, 15) is 0 Å². The number of rotatable bonds is 2. The molecule has 1 heterocycles. The monoisotopic (exact) mass is 251 g/mol. The summed E-state index contributed by atoms with van der Waals surface area (Å²) in [6, 6.07) is 2.74. The number of anilines is 1. The molecule has 0 amide bonds. The third-order valence-corrected chi connectivity index (χ3v) is 4.86. The zero-order chi connectivity index (χ0) is 12.8. The maximum absolute atomic E-state index is 9.14. The van der Waals surface area contributed by atoms with Gasteiger partial charge in [-0.15, -0.1) is 0 Å². The number of hydrogen-bond acceptors (Lipinski definition) is 3. The van der Waals surface area contributed by atoms with E-state index in [4.69, 9.17) is 5.26 Å². The molecular weight excluding hydrogens is 234 g/mol. The van der Waals surface area contributed by atoms with Gasteiger partial charge in [-0.3, -0.25) is 0 Å². The molecular formula is C16H17N3. The third kappa shape index (κ3) is 1.67. The number of fused-ring (bicyclic) bond motifs is 3. The third-order valence-electron chi connectivity index (χ3n) is 4.86. The van der Waals surface area contributed by atoms with Crippen LogP contribution in [0.25, 0.3) is 0 Å². The van der Waals surface area contributed by atoms with Crippen LogP contribution in [-0.2, 0) is 12.8 Å². The van der Waals surface area contributed by atoms with E-state index >= 15 is 0 Å². The van der Waals surface area contributed by atoms with Crippen LogP contribution in [0.15, 0.2) is 17.8 Å². The molecule has 19 heavy (non-hydrogen) atoms. The minimum absolute atomic E-state index is 0.467. The smallest absolute Gasteiger partial charge is 0.129 e. The van der Waals surface area contributed by atoms with Crippen molar-refractivity contribution in [2.75, 3.05) is 5.32 Å². The molecule has 0 aromatic carbocycles. The molecule has 0 unspecified atom stereocenters. The molecule has 3 heteroatoms. The highest BCUT2D eigenvalue weighted by atomic mass is 15.0. The molecule has 1 aromatic heterocycles. The Hall–Kier alpha value is -1.82.